The molecule has 0 unspecified atom stereocenters. The molecular formula is C32H34N2O6. The third kappa shape index (κ3) is 5.88. The Morgan fingerprint density at radius 2 is 1.80 bits per heavy atom. The number of hydrogen-bond acceptors (Lipinski definition) is 7. The van der Waals surface area contributed by atoms with Crippen LogP contribution in [-0.2, 0) is 4.74 Å². The van der Waals surface area contributed by atoms with Gasteiger partial charge in [-0.25, -0.2) is 4.79 Å². The molecule has 1 saturated heterocycles. The Morgan fingerprint density at radius 1 is 1.07 bits per heavy atom. The zero-order valence-electron chi connectivity index (χ0n) is 23.0. The summed E-state index contributed by atoms with van der Waals surface area (Å²) in [6, 6.07) is 17.8. The summed E-state index contributed by atoms with van der Waals surface area (Å²) in [5.74, 6) is 0.243. The highest BCUT2D eigenvalue weighted by Gasteiger charge is 2.20. The van der Waals surface area contributed by atoms with Gasteiger partial charge in [-0.2, -0.15) is 0 Å². The molecule has 0 saturated carbocycles. The molecular weight excluding hydrogens is 508 g/mol. The van der Waals surface area contributed by atoms with Crippen LogP contribution < -0.4 is 15.5 Å². The van der Waals surface area contributed by atoms with E-state index in [4.69, 9.17) is 13.9 Å². The van der Waals surface area contributed by atoms with Crippen LogP contribution in [0.4, 0.5) is 5.69 Å². The Labute approximate surface area is 233 Å². The van der Waals surface area contributed by atoms with Crippen molar-refractivity contribution >= 4 is 22.6 Å². The number of aryl methyl sites for hydroxylation is 1. The largest absolute Gasteiger partial charge is 0.492 e. The van der Waals surface area contributed by atoms with Crippen LogP contribution >= 0.6 is 0 Å². The summed E-state index contributed by atoms with van der Waals surface area (Å²) in [5.41, 5.74) is 4.06. The number of nitrogens with one attached hydrogen (secondary N) is 1. The summed E-state index contributed by atoms with van der Waals surface area (Å²) in [6.07, 6.45) is 0. The van der Waals surface area contributed by atoms with Gasteiger partial charge in [0.05, 0.1) is 30.2 Å². The zero-order valence-corrected chi connectivity index (χ0v) is 23.0. The van der Waals surface area contributed by atoms with Crippen LogP contribution in [0.25, 0.3) is 22.3 Å². The maximum absolute atomic E-state index is 13.5. The molecule has 0 aliphatic carbocycles. The molecule has 8 nitrogen and oxygen atoms in total. The van der Waals surface area contributed by atoms with Crippen LogP contribution in [0, 0.1) is 13.8 Å². The van der Waals surface area contributed by atoms with Crippen LogP contribution in [0.1, 0.15) is 40.0 Å². The SMILES string of the molecule is Cc1cc([C@@H](C)Nc2ccccc2C(=O)O)c2oc(-c3ccc(OCCN4CCOCC4)cc3)c(C)c(=O)c2c1. The van der Waals surface area contributed by atoms with Gasteiger partial charge in [-0.05, 0) is 68.8 Å². The van der Waals surface area contributed by atoms with E-state index < -0.39 is 5.97 Å². The van der Waals surface area contributed by atoms with Gasteiger partial charge in [0.2, 0.25) is 0 Å². The number of rotatable bonds is 9. The van der Waals surface area contributed by atoms with Crippen LogP contribution in [0.3, 0.4) is 0 Å². The molecule has 8 heteroatoms. The molecule has 1 aliphatic rings. The first-order chi connectivity index (χ1) is 19.3. The van der Waals surface area contributed by atoms with E-state index in [9.17, 15) is 14.7 Å². The first-order valence-corrected chi connectivity index (χ1v) is 13.5. The van der Waals surface area contributed by atoms with Crippen molar-refractivity contribution in [3.63, 3.8) is 0 Å². The van der Waals surface area contributed by atoms with Gasteiger partial charge < -0.3 is 24.3 Å². The molecule has 0 amide bonds. The highest BCUT2D eigenvalue weighted by atomic mass is 16.5. The number of carboxylic acids is 1. The van der Waals surface area contributed by atoms with E-state index in [1.807, 2.05) is 50.2 Å². The molecule has 1 atom stereocenters. The van der Waals surface area contributed by atoms with Crippen molar-refractivity contribution < 1.29 is 23.8 Å². The second kappa shape index (κ2) is 11.9. The topological polar surface area (TPSA) is 101 Å². The smallest absolute Gasteiger partial charge is 0.337 e. The van der Waals surface area contributed by atoms with Gasteiger partial charge in [-0.3, -0.25) is 9.69 Å². The monoisotopic (exact) mass is 542 g/mol. The van der Waals surface area contributed by atoms with E-state index in [-0.39, 0.29) is 17.0 Å². The lowest BCUT2D eigenvalue weighted by molar-refractivity contribution is 0.0322. The fourth-order valence-corrected chi connectivity index (χ4v) is 5.09. The molecule has 4 aromatic rings. The summed E-state index contributed by atoms with van der Waals surface area (Å²) in [7, 11) is 0. The second-order valence-corrected chi connectivity index (χ2v) is 10.2. The van der Waals surface area contributed by atoms with E-state index in [1.165, 1.54) is 0 Å². The standard InChI is InChI=1S/C32H34N2O6/c1-20-18-26(22(3)33-28-7-5-4-6-25(28)32(36)37)31-27(19-20)29(35)21(2)30(40-31)23-8-10-24(11-9-23)39-17-14-34-12-15-38-16-13-34/h4-11,18-19,22,33H,12-17H2,1-3H3,(H,36,37)/t22-/m1/s1. The number of fused-ring (bicyclic) bond motifs is 1. The Hall–Kier alpha value is -4.14. The summed E-state index contributed by atoms with van der Waals surface area (Å²) in [4.78, 5) is 27.6. The van der Waals surface area contributed by atoms with Crippen molar-refractivity contribution in [1.29, 1.82) is 0 Å². The number of anilines is 1. The molecule has 40 heavy (non-hydrogen) atoms. The van der Waals surface area contributed by atoms with Gasteiger partial charge in [-0.1, -0.05) is 18.2 Å². The number of ether oxygens (including phenoxy) is 2. The van der Waals surface area contributed by atoms with Crippen molar-refractivity contribution in [3.05, 3.63) is 93.1 Å². The Kier molecular flexibility index (Phi) is 8.19. The van der Waals surface area contributed by atoms with Crippen molar-refractivity contribution in [1.82, 2.24) is 4.90 Å². The normalized spacial score (nSPS) is 14.7. The van der Waals surface area contributed by atoms with Gasteiger partial charge in [0, 0.05) is 42.0 Å². The minimum absolute atomic E-state index is 0.0924. The summed E-state index contributed by atoms with van der Waals surface area (Å²) in [5, 5.41) is 13.4. The lowest BCUT2D eigenvalue weighted by atomic mass is 9.98. The summed E-state index contributed by atoms with van der Waals surface area (Å²) < 4.78 is 17.8. The summed E-state index contributed by atoms with van der Waals surface area (Å²) in [6.45, 7) is 10.4. The molecule has 3 aromatic carbocycles. The zero-order chi connectivity index (χ0) is 28.2. The number of aromatic carboxylic acids is 1. The average molecular weight is 543 g/mol. The number of nitrogens with zero attached hydrogens (tertiary/aromatic N) is 1. The second-order valence-electron chi connectivity index (χ2n) is 10.2. The van der Waals surface area contributed by atoms with Gasteiger partial charge in [0.25, 0.3) is 0 Å². The Balaban J connectivity index is 1.43. The van der Waals surface area contributed by atoms with Gasteiger partial charge in [0.1, 0.15) is 23.7 Å². The van der Waals surface area contributed by atoms with E-state index >= 15 is 0 Å². The number of morpholine rings is 1. The number of para-hydroxylation sites is 1. The third-order valence-electron chi connectivity index (χ3n) is 7.28. The van der Waals surface area contributed by atoms with Crippen molar-refractivity contribution in [2.75, 3.05) is 44.8 Å². The van der Waals surface area contributed by atoms with Crippen LogP contribution in [0.5, 0.6) is 5.75 Å². The van der Waals surface area contributed by atoms with Crippen molar-refractivity contribution in [2.24, 2.45) is 0 Å². The number of carboxylic acid groups (broad SMARTS) is 1. The van der Waals surface area contributed by atoms with Crippen LogP contribution in [0.2, 0.25) is 0 Å². The molecule has 2 heterocycles. The third-order valence-corrected chi connectivity index (χ3v) is 7.28. The molecule has 2 N–H and O–H groups in total. The molecule has 0 bridgehead atoms. The van der Waals surface area contributed by atoms with Crippen molar-refractivity contribution in [3.8, 4) is 17.1 Å². The quantitative estimate of drug-likeness (QED) is 0.280. The Bertz CT molecular complexity index is 1570. The predicted octanol–water partition coefficient (Wildman–Crippen LogP) is 5.66. The van der Waals surface area contributed by atoms with Gasteiger partial charge in [-0.15, -0.1) is 0 Å². The van der Waals surface area contributed by atoms with Gasteiger partial charge >= 0.3 is 5.97 Å². The number of benzene rings is 3. The fraction of sp³-hybridized carbons (Fsp3) is 0.312. The van der Waals surface area contributed by atoms with E-state index in [0.29, 0.717) is 34.6 Å². The first-order valence-electron chi connectivity index (χ1n) is 13.5. The summed E-state index contributed by atoms with van der Waals surface area (Å²) >= 11 is 0. The average Bonchev–Trinajstić information content (AvgIpc) is 2.96. The molecule has 1 aromatic heterocycles. The minimum atomic E-state index is -1.01. The van der Waals surface area contributed by atoms with Crippen LogP contribution in [0.15, 0.2) is 69.9 Å². The molecule has 1 aliphatic heterocycles. The maximum Gasteiger partial charge on any atom is 0.337 e. The molecule has 0 radical (unpaired) electrons. The van der Waals surface area contributed by atoms with Crippen molar-refractivity contribution in [2.45, 2.75) is 26.8 Å². The molecule has 0 spiro atoms. The minimum Gasteiger partial charge on any atom is -0.492 e. The maximum atomic E-state index is 13.5. The van der Waals surface area contributed by atoms with E-state index in [1.54, 1.807) is 31.2 Å². The number of carbonyl (C=O) groups is 1. The lowest BCUT2D eigenvalue weighted by Gasteiger charge is -2.26. The van der Waals surface area contributed by atoms with E-state index in [2.05, 4.69) is 10.2 Å². The van der Waals surface area contributed by atoms with Gasteiger partial charge in [0.15, 0.2) is 5.43 Å². The predicted molar refractivity (Wildman–Crippen MR) is 156 cm³/mol. The first kappa shape index (κ1) is 27.4. The molecule has 5 rings (SSSR count). The highest BCUT2D eigenvalue weighted by Crippen LogP contribution is 2.33. The van der Waals surface area contributed by atoms with Crippen LogP contribution in [-0.4, -0.2) is 55.4 Å². The molecule has 208 valence electrons. The lowest BCUT2D eigenvalue weighted by Crippen LogP contribution is -2.38. The fourth-order valence-electron chi connectivity index (χ4n) is 5.09. The highest BCUT2D eigenvalue weighted by molar-refractivity contribution is 5.94. The van der Waals surface area contributed by atoms with E-state index in [0.717, 1.165) is 55.3 Å². The number of hydrogen-bond donors (Lipinski definition) is 2. The molecule has 1 fully saturated rings. The Morgan fingerprint density at radius 3 is 2.52 bits per heavy atom.